The molecular formula is C11H13FN4. The predicted octanol–water partition coefficient (Wildman–Crippen LogP) is 1.39. The monoisotopic (exact) mass is 220 g/mol. The van der Waals surface area contributed by atoms with Crippen LogP contribution in [0.1, 0.15) is 11.4 Å². The highest BCUT2D eigenvalue weighted by Gasteiger charge is 2.12. The van der Waals surface area contributed by atoms with Crippen LogP contribution in [-0.2, 0) is 13.6 Å². The second kappa shape index (κ2) is 4.02. The summed E-state index contributed by atoms with van der Waals surface area (Å²) in [5.74, 6) is 1.04. The number of benzene rings is 1. The standard InChI is InChI=1S/C11H13FN4/c1-7-3-4-8(12)5-9(7)11-15-14-10(6-13)16(11)2/h3-5H,6,13H2,1-2H3. The highest BCUT2D eigenvalue weighted by Crippen LogP contribution is 2.22. The maximum Gasteiger partial charge on any atom is 0.164 e. The van der Waals surface area contributed by atoms with Crippen molar-refractivity contribution in [3.63, 3.8) is 0 Å². The molecule has 0 saturated carbocycles. The third-order valence-electron chi connectivity index (χ3n) is 2.59. The Morgan fingerprint density at radius 2 is 2.12 bits per heavy atom. The molecule has 1 aromatic heterocycles. The van der Waals surface area contributed by atoms with Crippen molar-refractivity contribution < 1.29 is 4.39 Å². The van der Waals surface area contributed by atoms with E-state index in [2.05, 4.69) is 10.2 Å². The van der Waals surface area contributed by atoms with Gasteiger partial charge in [-0.3, -0.25) is 0 Å². The van der Waals surface area contributed by atoms with E-state index in [-0.39, 0.29) is 5.82 Å². The molecule has 0 bridgehead atoms. The summed E-state index contributed by atoms with van der Waals surface area (Å²) in [6, 6.07) is 4.61. The van der Waals surface area contributed by atoms with Crippen LogP contribution in [0.3, 0.4) is 0 Å². The minimum absolute atomic E-state index is 0.280. The van der Waals surface area contributed by atoms with Crippen LogP contribution in [0.25, 0.3) is 11.4 Å². The molecule has 2 aromatic rings. The zero-order valence-electron chi connectivity index (χ0n) is 9.24. The van der Waals surface area contributed by atoms with Crippen molar-refractivity contribution in [3.05, 3.63) is 35.4 Å². The van der Waals surface area contributed by atoms with Crippen molar-refractivity contribution in [1.29, 1.82) is 0 Å². The Hall–Kier alpha value is -1.75. The molecule has 0 aliphatic carbocycles. The summed E-state index contributed by atoms with van der Waals surface area (Å²) < 4.78 is 15.0. The van der Waals surface area contributed by atoms with Crippen LogP contribution in [0, 0.1) is 12.7 Å². The molecule has 4 nitrogen and oxygen atoms in total. The quantitative estimate of drug-likeness (QED) is 0.832. The molecule has 2 N–H and O–H groups in total. The lowest BCUT2D eigenvalue weighted by molar-refractivity contribution is 0.627. The largest absolute Gasteiger partial charge is 0.324 e. The highest BCUT2D eigenvalue weighted by atomic mass is 19.1. The lowest BCUT2D eigenvalue weighted by Gasteiger charge is -2.05. The van der Waals surface area contributed by atoms with Crippen molar-refractivity contribution in [3.8, 4) is 11.4 Å². The normalized spacial score (nSPS) is 10.8. The van der Waals surface area contributed by atoms with Crippen molar-refractivity contribution in [2.24, 2.45) is 12.8 Å². The predicted molar refractivity (Wildman–Crippen MR) is 59.0 cm³/mol. The summed E-state index contributed by atoms with van der Waals surface area (Å²) in [5.41, 5.74) is 7.22. The number of aryl methyl sites for hydroxylation is 1. The summed E-state index contributed by atoms with van der Waals surface area (Å²) in [6.07, 6.45) is 0. The molecule has 0 atom stereocenters. The second-order valence-electron chi connectivity index (χ2n) is 3.66. The molecular weight excluding hydrogens is 207 g/mol. The smallest absolute Gasteiger partial charge is 0.164 e. The second-order valence-corrected chi connectivity index (χ2v) is 3.66. The SMILES string of the molecule is Cc1ccc(F)cc1-c1nnc(CN)n1C. The van der Waals surface area contributed by atoms with Gasteiger partial charge in [-0.25, -0.2) is 4.39 Å². The molecule has 0 fully saturated rings. The van der Waals surface area contributed by atoms with Gasteiger partial charge in [-0.1, -0.05) is 6.07 Å². The van der Waals surface area contributed by atoms with Gasteiger partial charge in [0.15, 0.2) is 5.82 Å². The van der Waals surface area contributed by atoms with Gasteiger partial charge in [0.1, 0.15) is 11.6 Å². The highest BCUT2D eigenvalue weighted by molar-refractivity contribution is 5.60. The summed E-state index contributed by atoms with van der Waals surface area (Å²) >= 11 is 0. The van der Waals surface area contributed by atoms with Gasteiger partial charge in [0, 0.05) is 12.6 Å². The summed E-state index contributed by atoms with van der Waals surface area (Å²) in [7, 11) is 1.82. The van der Waals surface area contributed by atoms with Gasteiger partial charge >= 0.3 is 0 Å². The minimum atomic E-state index is -0.280. The lowest BCUT2D eigenvalue weighted by Crippen LogP contribution is -2.05. The maximum atomic E-state index is 13.2. The molecule has 0 aliphatic rings. The number of aromatic nitrogens is 3. The van der Waals surface area contributed by atoms with Crippen LogP contribution < -0.4 is 5.73 Å². The Bertz CT molecular complexity index is 519. The first-order valence-corrected chi connectivity index (χ1v) is 4.98. The van der Waals surface area contributed by atoms with Crippen LogP contribution in [0.15, 0.2) is 18.2 Å². The molecule has 0 amide bonds. The van der Waals surface area contributed by atoms with E-state index >= 15 is 0 Å². The van der Waals surface area contributed by atoms with Crippen LogP contribution >= 0.6 is 0 Å². The van der Waals surface area contributed by atoms with E-state index in [0.717, 1.165) is 11.1 Å². The van der Waals surface area contributed by atoms with Gasteiger partial charge in [0.25, 0.3) is 0 Å². The number of rotatable bonds is 2. The van der Waals surface area contributed by atoms with E-state index in [9.17, 15) is 4.39 Å². The number of nitrogens with two attached hydrogens (primary N) is 1. The average molecular weight is 220 g/mol. The van der Waals surface area contributed by atoms with E-state index < -0.39 is 0 Å². The number of hydrogen-bond acceptors (Lipinski definition) is 3. The Kier molecular flexibility index (Phi) is 2.70. The van der Waals surface area contributed by atoms with Crippen LogP contribution in [0.2, 0.25) is 0 Å². The molecule has 16 heavy (non-hydrogen) atoms. The number of hydrogen-bond donors (Lipinski definition) is 1. The maximum absolute atomic E-state index is 13.2. The fourth-order valence-corrected chi connectivity index (χ4v) is 1.61. The van der Waals surface area contributed by atoms with Crippen molar-refractivity contribution in [2.45, 2.75) is 13.5 Å². The molecule has 2 rings (SSSR count). The van der Waals surface area contributed by atoms with Gasteiger partial charge in [0.05, 0.1) is 6.54 Å². The van der Waals surface area contributed by atoms with Gasteiger partial charge in [-0.2, -0.15) is 0 Å². The van der Waals surface area contributed by atoms with Gasteiger partial charge in [0.2, 0.25) is 0 Å². The third-order valence-corrected chi connectivity index (χ3v) is 2.59. The molecule has 0 unspecified atom stereocenters. The fraction of sp³-hybridized carbons (Fsp3) is 0.273. The Morgan fingerprint density at radius 1 is 1.38 bits per heavy atom. The molecule has 0 aliphatic heterocycles. The Balaban J connectivity index is 2.58. The zero-order valence-corrected chi connectivity index (χ0v) is 9.24. The minimum Gasteiger partial charge on any atom is -0.324 e. The number of nitrogens with zero attached hydrogens (tertiary/aromatic N) is 3. The zero-order chi connectivity index (χ0) is 11.7. The molecule has 0 spiro atoms. The van der Waals surface area contributed by atoms with Gasteiger partial charge in [-0.05, 0) is 24.6 Å². The summed E-state index contributed by atoms with van der Waals surface area (Å²) in [5, 5.41) is 7.97. The molecule has 0 radical (unpaired) electrons. The lowest BCUT2D eigenvalue weighted by atomic mass is 10.1. The Morgan fingerprint density at radius 3 is 2.75 bits per heavy atom. The van der Waals surface area contributed by atoms with E-state index in [1.54, 1.807) is 10.6 Å². The first-order valence-electron chi connectivity index (χ1n) is 4.98. The summed E-state index contributed by atoms with van der Waals surface area (Å²) in [4.78, 5) is 0. The topological polar surface area (TPSA) is 56.7 Å². The molecule has 84 valence electrons. The Labute approximate surface area is 92.9 Å². The molecule has 1 aromatic carbocycles. The van der Waals surface area contributed by atoms with E-state index in [4.69, 9.17) is 5.73 Å². The van der Waals surface area contributed by atoms with Gasteiger partial charge < -0.3 is 10.3 Å². The van der Waals surface area contributed by atoms with Crippen molar-refractivity contribution in [1.82, 2.24) is 14.8 Å². The van der Waals surface area contributed by atoms with Gasteiger partial charge in [-0.15, -0.1) is 10.2 Å². The molecule has 0 saturated heterocycles. The summed E-state index contributed by atoms with van der Waals surface area (Å²) in [6.45, 7) is 2.23. The van der Waals surface area contributed by atoms with Crippen molar-refractivity contribution in [2.75, 3.05) is 0 Å². The van der Waals surface area contributed by atoms with Crippen LogP contribution in [-0.4, -0.2) is 14.8 Å². The van der Waals surface area contributed by atoms with E-state index in [1.807, 2.05) is 14.0 Å². The van der Waals surface area contributed by atoms with Crippen LogP contribution in [0.5, 0.6) is 0 Å². The molecule has 5 heteroatoms. The van der Waals surface area contributed by atoms with Crippen LogP contribution in [0.4, 0.5) is 4.39 Å². The fourth-order valence-electron chi connectivity index (χ4n) is 1.61. The van der Waals surface area contributed by atoms with Crippen molar-refractivity contribution >= 4 is 0 Å². The first-order chi connectivity index (χ1) is 7.63. The number of halogens is 1. The third kappa shape index (κ3) is 1.69. The average Bonchev–Trinajstić information content (AvgIpc) is 2.63. The van der Waals surface area contributed by atoms with E-state index in [1.165, 1.54) is 12.1 Å². The first kappa shape index (κ1) is 10.8. The van der Waals surface area contributed by atoms with E-state index in [0.29, 0.717) is 18.2 Å². The molecule has 1 heterocycles.